The Labute approximate surface area is 209 Å². The fourth-order valence-corrected chi connectivity index (χ4v) is 3.88. The Kier molecular flexibility index (Phi) is 7.92. The molecule has 0 saturated carbocycles. The molecule has 0 heterocycles. The standard InChI is InChI=1S/C29H27FO6/c1-32-18-36-29-27(21-11-14-25(24(31)15-21)35-17-19-7-5-4-6-8-19)26(33-2)16-23(28(29)34-3)20-9-12-22(30)13-10-20/h4-16,31H,17-18H2,1-3H3. The smallest absolute Gasteiger partial charge is 0.188 e. The molecule has 0 radical (unpaired) electrons. The van der Waals surface area contributed by atoms with Gasteiger partial charge in [0.25, 0.3) is 0 Å². The van der Waals surface area contributed by atoms with Crippen molar-refractivity contribution in [3.63, 3.8) is 0 Å². The molecule has 0 aliphatic rings. The molecule has 0 aromatic heterocycles. The maximum Gasteiger partial charge on any atom is 0.188 e. The SMILES string of the molecule is COCOc1c(OC)c(-c2ccc(F)cc2)cc(OC)c1-c1ccc(OCc2ccccc2)c(O)c1. The van der Waals surface area contributed by atoms with Gasteiger partial charge < -0.3 is 28.8 Å². The summed E-state index contributed by atoms with van der Waals surface area (Å²) in [6.45, 7) is 0.267. The van der Waals surface area contributed by atoms with Crippen LogP contribution in [0.4, 0.5) is 4.39 Å². The molecule has 0 amide bonds. The summed E-state index contributed by atoms with van der Waals surface area (Å²) < 4.78 is 41.9. The van der Waals surface area contributed by atoms with Crippen LogP contribution in [-0.4, -0.2) is 33.2 Å². The van der Waals surface area contributed by atoms with Crippen molar-refractivity contribution in [2.24, 2.45) is 0 Å². The highest BCUT2D eigenvalue weighted by atomic mass is 19.1. The lowest BCUT2D eigenvalue weighted by molar-refractivity contribution is 0.0495. The first-order chi connectivity index (χ1) is 17.5. The molecule has 0 fully saturated rings. The second-order valence-corrected chi connectivity index (χ2v) is 7.88. The van der Waals surface area contributed by atoms with E-state index in [2.05, 4.69) is 0 Å². The minimum absolute atomic E-state index is 0.0373. The molecule has 4 aromatic rings. The molecule has 0 saturated heterocycles. The fraction of sp³-hybridized carbons (Fsp3) is 0.172. The van der Waals surface area contributed by atoms with Gasteiger partial charge in [-0.15, -0.1) is 0 Å². The van der Waals surface area contributed by atoms with Crippen molar-refractivity contribution in [2.45, 2.75) is 6.61 Å². The molecule has 4 rings (SSSR count). The maximum absolute atomic E-state index is 13.6. The Morgan fingerprint density at radius 3 is 2.08 bits per heavy atom. The monoisotopic (exact) mass is 490 g/mol. The number of phenols is 1. The minimum atomic E-state index is -0.345. The zero-order chi connectivity index (χ0) is 25.5. The van der Waals surface area contributed by atoms with E-state index in [4.69, 9.17) is 23.7 Å². The van der Waals surface area contributed by atoms with E-state index in [1.54, 1.807) is 36.4 Å². The number of benzene rings is 4. The molecule has 0 unspecified atom stereocenters. The van der Waals surface area contributed by atoms with Gasteiger partial charge in [0.1, 0.15) is 18.2 Å². The summed E-state index contributed by atoms with van der Waals surface area (Å²) in [4.78, 5) is 0. The van der Waals surface area contributed by atoms with Crippen molar-refractivity contribution in [3.05, 3.63) is 90.2 Å². The zero-order valence-corrected chi connectivity index (χ0v) is 20.3. The molecule has 0 spiro atoms. The first-order valence-electron chi connectivity index (χ1n) is 11.2. The topological polar surface area (TPSA) is 66.4 Å². The van der Waals surface area contributed by atoms with E-state index in [1.165, 1.54) is 33.5 Å². The maximum atomic E-state index is 13.6. The van der Waals surface area contributed by atoms with Crippen LogP contribution in [0.25, 0.3) is 22.3 Å². The Morgan fingerprint density at radius 1 is 0.722 bits per heavy atom. The average molecular weight is 491 g/mol. The molecular formula is C29H27FO6. The fourth-order valence-electron chi connectivity index (χ4n) is 3.88. The zero-order valence-electron chi connectivity index (χ0n) is 20.3. The first-order valence-corrected chi connectivity index (χ1v) is 11.2. The van der Waals surface area contributed by atoms with Crippen LogP contribution in [0.3, 0.4) is 0 Å². The number of rotatable bonds is 10. The van der Waals surface area contributed by atoms with Crippen LogP contribution >= 0.6 is 0 Å². The molecule has 0 aliphatic carbocycles. The van der Waals surface area contributed by atoms with Gasteiger partial charge in [-0.25, -0.2) is 4.39 Å². The number of hydrogen-bond donors (Lipinski definition) is 1. The van der Waals surface area contributed by atoms with Crippen LogP contribution in [0.5, 0.6) is 28.7 Å². The highest BCUT2D eigenvalue weighted by molar-refractivity contribution is 5.88. The van der Waals surface area contributed by atoms with Crippen molar-refractivity contribution >= 4 is 0 Å². The third-order valence-electron chi connectivity index (χ3n) is 5.58. The van der Waals surface area contributed by atoms with Crippen LogP contribution in [0.15, 0.2) is 78.9 Å². The predicted molar refractivity (Wildman–Crippen MR) is 135 cm³/mol. The molecule has 1 N–H and O–H groups in total. The lowest BCUT2D eigenvalue weighted by Gasteiger charge is -2.21. The van der Waals surface area contributed by atoms with Crippen LogP contribution in [0.2, 0.25) is 0 Å². The Balaban J connectivity index is 1.79. The van der Waals surface area contributed by atoms with Gasteiger partial charge in [-0.2, -0.15) is 0 Å². The van der Waals surface area contributed by atoms with Gasteiger partial charge in [0.05, 0.1) is 19.8 Å². The van der Waals surface area contributed by atoms with E-state index < -0.39 is 0 Å². The highest BCUT2D eigenvalue weighted by Gasteiger charge is 2.24. The third kappa shape index (κ3) is 5.37. The third-order valence-corrected chi connectivity index (χ3v) is 5.58. The minimum Gasteiger partial charge on any atom is -0.504 e. The van der Waals surface area contributed by atoms with Gasteiger partial charge in [0.15, 0.2) is 29.8 Å². The molecular weight excluding hydrogens is 463 g/mol. The molecule has 186 valence electrons. The van der Waals surface area contributed by atoms with Crippen LogP contribution in [0, 0.1) is 5.82 Å². The molecule has 36 heavy (non-hydrogen) atoms. The number of ether oxygens (including phenoxy) is 5. The predicted octanol–water partition coefficient (Wildman–Crippen LogP) is 6.44. The Morgan fingerprint density at radius 2 is 1.44 bits per heavy atom. The first kappa shape index (κ1) is 24.9. The second-order valence-electron chi connectivity index (χ2n) is 7.88. The Hall–Kier alpha value is -4.23. The lowest BCUT2D eigenvalue weighted by Crippen LogP contribution is -2.05. The van der Waals surface area contributed by atoms with E-state index in [9.17, 15) is 9.50 Å². The highest BCUT2D eigenvalue weighted by Crippen LogP contribution is 2.51. The number of methoxy groups -OCH3 is 3. The van der Waals surface area contributed by atoms with E-state index in [0.29, 0.717) is 51.9 Å². The van der Waals surface area contributed by atoms with Crippen LogP contribution < -0.4 is 18.9 Å². The summed E-state index contributed by atoms with van der Waals surface area (Å²) in [6, 6.07) is 22.6. The van der Waals surface area contributed by atoms with E-state index >= 15 is 0 Å². The van der Waals surface area contributed by atoms with Crippen molar-refractivity contribution in [2.75, 3.05) is 28.1 Å². The van der Waals surface area contributed by atoms with Crippen molar-refractivity contribution in [1.82, 2.24) is 0 Å². The largest absolute Gasteiger partial charge is 0.504 e. The molecule has 6 nitrogen and oxygen atoms in total. The molecule has 0 bridgehead atoms. The number of aromatic hydroxyl groups is 1. The van der Waals surface area contributed by atoms with Gasteiger partial charge in [-0.1, -0.05) is 48.5 Å². The number of halogens is 1. The van der Waals surface area contributed by atoms with E-state index in [0.717, 1.165) is 5.56 Å². The summed E-state index contributed by atoms with van der Waals surface area (Å²) in [5.41, 5.74) is 3.52. The van der Waals surface area contributed by atoms with Crippen molar-refractivity contribution in [1.29, 1.82) is 0 Å². The lowest BCUT2D eigenvalue weighted by atomic mass is 9.96. The second kappa shape index (κ2) is 11.5. The molecule has 7 heteroatoms. The van der Waals surface area contributed by atoms with Gasteiger partial charge >= 0.3 is 0 Å². The quantitative estimate of drug-likeness (QED) is 0.258. The van der Waals surface area contributed by atoms with Crippen LogP contribution in [-0.2, 0) is 11.3 Å². The van der Waals surface area contributed by atoms with Gasteiger partial charge in [0.2, 0.25) is 0 Å². The van der Waals surface area contributed by atoms with Gasteiger partial charge in [0, 0.05) is 12.7 Å². The molecule has 0 aliphatic heterocycles. The average Bonchev–Trinajstić information content (AvgIpc) is 2.91. The van der Waals surface area contributed by atoms with Crippen molar-refractivity contribution < 1.29 is 33.2 Å². The number of hydrogen-bond acceptors (Lipinski definition) is 6. The van der Waals surface area contributed by atoms with E-state index in [-0.39, 0.29) is 18.4 Å². The van der Waals surface area contributed by atoms with Crippen LogP contribution in [0.1, 0.15) is 5.56 Å². The normalized spacial score (nSPS) is 10.7. The number of phenolic OH excluding ortho intramolecular Hbond substituents is 1. The van der Waals surface area contributed by atoms with Crippen molar-refractivity contribution in [3.8, 4) is 51.0 Å². The molecule has 4 aromatic carbocycles. The summed E-state index contributed by atoms with van der Waals surface area (Å²) in [5, 5.41) is 10.7. The van der Waals surface area contributed by atoms with E-state index in [1.807, 2.05) is 30.3 Å². The summed E-state index contributed by atoms with van der Waals surface area (Å²) in [7, 11) is 4.57. The Bertz CT molecular complexity index is 1310. The van der Waals surface area contributed by atoms with Gasteiger partial charge in [-0.05, 0) is 47.0 Å². The summed E-state index contributed by atoms with van der Waals surface area (Å²) in [5.74, 6) is 1.20. The summed E-state index contributed by atoms with van der Waals surface area (Å²) in [6.07, 6.45) is 0. The van der Waals surface area contributed by atoms with Gasteiger partial charge in [-0.3, -0.25) is 0 Å². The summed E-state index contributed by atoms with van der Waals surface area (Å²) >= 11 is 0. The molecule has 0 atom stereocenters.